The van der Waals surface area contributed by atoms with Gasteiger partial charge in [0.15, 0.2) is 0 Å². The number of hydrogen-bond donors (Lipinski definition) is 1. The number of ether oxygens (including phenoxy) is 1. The Balaban J connectivity index is 1.46. The second-order valence-electron chi connectivity index (χ2n) is 6.92. The summed E-state index contributed by atoms with van der Waals surface area (Å²) in [4.78, 5) is 5.12. The zero-order valence-electron chi connectivity index (χ0n) is 15.0. The first-order valence-electron chi connectivity index (χ1n) is 9.26. The van der Waals surface area contributed by atoms with Crippen molar-refractivity contribution in [2.24, 2.45) is 0 Å². The van der Waals surface area contributed by atoms with Crippen molar-refractivity contribution in [2.75, 3.05) is 44.7 Å². The quantitative estimate of drug-likeness (QED) is 0.928. The highest BCUT2D eigenvalue weighted by Crippen LogP contribution is 2.33. The average molecular weight is 337 g/mol. The number of hydrogen-bond acceptors (Lipinski definition) is 4. The number of nitrogens with one attached hydrogen (secondary N) is 1. The maximum Gasteiger partial charge on any atom is 0.123 e. The van der Waals surface area contributed by atoms with Crippen LogP contribution in [0.25, 0.3) is 0 Å². The summed E-state index contributed by atoms with van der Waals surface area (Å²) in [6, 6.07) is 15.2. The number of anilines is 1. The van der Waals surface area contributed by atoms with Crippen LogP contribution in [0.15, 0.2) is 42.5 Å². The Hall–Kier alpha value is -2.04. The number of benzene rings is 2. The first-order chi connectivity index (χ1) is 12.3. The highest BCUT2D eigenvalue weighted by molar-refractivity contribution is 5.62. The van der Waals surface area contributed by atoms with Crippen molar-refractivity contribution in [3.05, 3.63) is 59.2 Å². The first-order valence-corrected chi connectivity index (χ1v) is 9.26. The third kappa shape index (κ3) is 3.51. The third-order valence-corrected chi connectivity index (χ3v) is 5.40. The van der Waals surface area contributed by atoms with Gasteiger partial charge in [0, 0.05) is 50.5 Å². The Morgan fingerprint density at radius 3 is 2.52 bits per heavy atom. The van der Waals surface area contributed by atoms with E-state index in [9.17, 15) is 0 Å². The molecule has 2 aromatic carbocycles. The summed E-state index contributed by atoms with van der Waals surface area (Å²) in [6.45, 7) is 7.46. The van der Waals surface area contributed by atoms with Gasteiger partial charge in [-0.3, -0.25) is 4.90 Å². The second kappa shape index (κ2) is 7.46. The normalized spacial score (nSPS) is 18.0. The summed E-state index contributed by atoms with van der Waals surface area (Å²) in [7, 11) is 1.77. The fraction of sp³-hybridized carbons (Fsp3) is 0.429. The van der Waals surface area contributed by atoms with E-state index < -0.39 is 0 Å². The molecule has 25 heavy (non-hydrogen) atoms. The molecule has 1 saturated heterocycles. The number of rotatable bonds is 4. The van der Waals surface area contributed by atoms with Gasteiger partial charge < -0.3 is 15.0 Å². The lowest BCUT2D eigenvalue weighted by molar-refractivity contribution is 0.249. The largest absolute Gasteiger partial charge is 0.496 e. The van der Waals surface area contributed by atoms with Crippen LogP contribution in [0.3, 0.4) is 0 Å². The van der Waals surface area contributed by atoms with Gasteiger partial charge in [-0.25, -0.2) is 0 Å². The molecule has 0 saturated carbocycles. The van der Waals surface area contributed by atoms with Crippen LogP contribution < -0.4 is 15.0 Å². The van der Waals surface area contributed by atoms with Crippen LogP contribution in [0.2, 0.25) is 0 Å². The molecule has 1 N–H and O–H groups in total. The second-order valence-corrected chi connectivity index (χ2v) is 6.92. The Labute approximate surface area is 150 Å². The molecule has 2 aliphatic heterocycles. The van der Waals surface area contributed by atoms with E-state index in [4.69, 9.17) is 4.74 Å². The Kier molecular flexibility index (Phi) is 4.90. The molecule has 4 rings (SSSR count). The van der Waals surface area contributed by atoms with E-state index in [1.165, 1.54) is 22.4 Å². The summed E-state index contributed by atoms with van der Waals surface area (Å²) in [5.41, 5.74) is 5.65. The smallest absolute Gasteiger partial charge is 0.123 e. The van der Waals surface area contributed by atoms with Gasteiger partial charge in [-0.1, -0.05) is 30.3 Å². The molecule has 2 aliphatic rings. The summed E-state index contributed by atoms with van der Waals surface area (Å²) < 4.78 is 5.57. The minimum Gasteiger partial charge on any atom is -0.496 e. The summed E-state index contributed by atoms with van der Waals surface area (Å²) in [5, 5.41) is 3.47. The molecule has 0 atom stereocenters. The molecule has 0 radical (unpaired) electrons. The molecule has 0 aromatic heterocycles. The van der Waals surface area contributed by atoms with Crippen LogP contribution in [0.5, 0.6) is 5.75 Å². The highest BCUT2D eigenvalue weighted by Gasteiger charge is 2.23. The number of nitrogens with zero attached hydrogens (tertiary/aromatic N) is 2. The van der Waals surface area contributed by atoms with Crippen molar-refractivity contribution in [1.82, 2.24) is 10.2 Å². The molecule has 0 bridgehead atoms. The first kappa shape index (κ1) is 16.4. The Morgan fingerprint density at radius 2 is 1.76 bits per heavy atom. The molecule has 132 valence electrons. The van der Waals surface area contributed by atoms with Gasteiger partial charge in [-0.2, -0.15) is 0 Å². The van der Waals surface area contributed by atoms with Gasteiger partial charge in [-0.15, -0.1) is 0 Å². The van der Waals surface area contributed by atoms with E-state index in [0.717, 1.165) is 58.0 Å². The van der Waals surface area contributed by atoms with Crippen molar-refractivity contribution >= 4 is 5.69 Å². The van der Waals surface area contributed by atoms with Crippen molar-refractivity contribution < 1.29 is 4.74 Å². The van der Waals surface area contributed by atoms with E-state index in [0.29, 0.717) is 0 Å². The predicted molar refractivity (Wildman–Crippen MR) is 102 cm³/mol. The van der Waals surface area contributed by atoms with Crippen LogP contribution in [-0.2, 0) is 19.5 Å². The van der Waals surface area contributed by atoms with Crippen LogP contribution in [0.4, 0.5) is 5.69 Å². The van der Waals surface area contributed by atoms with Crippen LogP contribution in [-0.4, -0.2) is 44.7 Å². The topological polar surface area (TPSA) is 27.7 Å². The SMILES string of the molecule is COc1ccc(N2CCN(Cc3ccccc3)CC2)c2c1CNCC2. The zero-order valence-corrected chi connectivity index (χ0v) is 15.0. The average Bonchev–Trinajstić information content (AvgIpc) is 2.69. The maximum atomic E-state index is 5.57. The molecular weight excluding hydrogens is 310 g/mol. The van der Waals surface area contributed by atoms with Gasteiger partial charge in [0.05, 0.1) is 7.11 Å². The molecule has 0 spiro atoms. The Morgan fingerprint density at radius 1 is 0.960 bits per heavy atom. The molecule has 2 aromatic rings. The molecule has 1 fully saturated rings. The molecule has 4 nitrogen and oxygen atoms in total. The van der Waals surface area contributed by atoms with Gasteiger partial charge in [0.1, 0.15) is 5.75 Å². The van der Waals surface area contributed by atoms with Crippen molar-refractivity contribution in [2.45, 2.75) is 19.5 Å². The van der Waals surface area contributed by atoms with Gasteiger partial charge in [0.25, 0.3) is 0 Å². The molecule has 0 amide bonds. The van der Waals surface area contributed by atoms with Crippen LogP contribution in [0, 0.1) is 0 Å². The lowest BCUT2D eigenvalue weighted by Gasteiger charge is -2.38. The van der Waals surface area contributed by atoms with Crippen molar-refractivity contribution in [3.63, 3.8) is 0 Å². The predicted octanol–water partition coefficient (Wildman–Crippen LogP) is 2.66. The van der Waals surface area contributed by atoms with Crippen LogP contribution in [0.1, 0.15) is 16.7 Å². The molecule has 4 heteroatoms. The maximum absolute atomic E-state index is 5.57. The lowest BCUT2D eigenvalue weighted by atomic mass is 9.97. The van der Waals surface area contributed by atoms with Crippen molar-refractivity contribution in [1.29, 1.82) is 0 Å². The number of fused-ring (bicyclic) bond motifs is 1. The van der Waals surface area contributed by atoms with E-state index in [-0.39, 0.29) is 0 Å². The summed E-state index contributed by atoms with van der Waals surface area (Å²) in [6.07, 6.45) is 1.09. The van der Waals surface area contributed by atoms with Gasteiger partial charge in [-0.05, 0) is 36.2 Å². The lowest BCUT2D eigenvalue weighted by Crippen LogP contribution is -2.46. The van der Waals surface area contributed by atoms with E-state index in [1.807, 2.05) is 0 Å². The van der Waals surface area contributed by atoms with Crippen LogP contribution >= 0.6 is 0 Å². The Bertz CT molecular complexity index is 709. The van der Waals surface area contributed by atoms with Gasteiger partial charge in [0.2, 0.25) is 0 Å². The highest BCUT2D eigenvalue weighted by atomic mass is 16.5. The fourth-order valence-corrected chi connectivity index (χ4v) is 4.03. The number of piperazine rings is 1. The monoisotopic (exact) mass is 337 g/mol. The number of methoxy groups -OCH3 is 1. The molecule has 2 heterocycles. The summed E-state index contributed by atoms with van der Waals surface area (Å²) in [5.74, 6) is 1.02. The van der Waals surface area contributed by atoms with Gasteiger partial charge >= 0.3 is 0 Å². The molecule has 0 aliphatic carbocycles. The fourth-order valence-electron chi connectivity index (χ4n) is 4.03. The third-order valence-electron chi connectivity index (χ3n) is 5.40. The standard InChI is InChI=1S/C21H27N3O/c1-25-21-8-7-20(18-9-10-22-15-19(18)21)24-13-11-23(12-14-24)16-17-5-3-2-4-6-17/h2-8,22H,9-16H2,1H3. The minimum absolute atomic E-state index is 0.917. The van der Waals surface area contributed by atoms with Crippen molar-refractivity contribution in [3.8, 4) is 5.75 Å². The molecule has 0 unspecified atom stereocenters. The van der Waals surface area contributed by atoms with E-state index in [1.54, 1.807) is 7.11 Å². The molecular formula is C21H27N3O. The minimum atomic E-state index is 0.917. The summed E-state index contributed by atoms with van der Waals surface area (Å²) >= 11 is 0. The van der Waals surface area contributed by atoms with E-state index in [2.05, 4.69) is 57.6 Å². The zero-order chi connectivity index (χ0) is 17.1. The van der Waals surface area contributed by atoms with E-state index >= 15 is 0 Å².